The van der Waals surface area contributed by atoms with Crippen molar-refractivity contribution in [3.63, 3.8) is 0 Å². The van der Waals surface area contributed by atoms with Crippen molar-refractivity contribution in [2.24, 2.45) is 0 Å². The highest BCUT2D eigenvalue weighted by molar-refractivity contribution is 5.99. The lowest BCUT2D eigenvalue weighted by molar-refractivity contribution is -0.385. The predicted octanol–water partition coefficient (Wildman–Crippen LogP) is 2.55. The van der Waals surface area contributed by atoms with Crippen LogP contribution in [0.5, 0.6) is 11.5 Å². The molecule has 134 valence electrons. The number of hydrogen-bond donors (Lipinski definition) is 1. The number of nitrogens with zero attached hydrogens (tertiary/aromatic N) is 1. The molecule has 0 heterocycles. The third kappa shape index (κ3) is 5.69. The van der Waals surface area contributed by atoms with Crippen LogP contribution in [0.3, 0.4) is 0 Å². The number of carbonyl (C=O) groups excluding carboxylic acids is 1. The number of benzene rings is 1. The summed E-state index contributed by atoms with van der Waals surface area (Å²) in [7, 11) is 2.78. The number of nitrogens with one attached hydrogen (secondary N) is 1. The fraction of sp³-hybridized carbons (Fsp3) is 0.562. The van der Waals surface area contributed by atoms with Gasteiger partial charge in [0.1, 0.15) is 5.56 Å². The summed E-state index contributed by atoms with van der Waals surface area (Å²) in [6.07, 6.45) is 2.71. The molecule has 1 rings (SSSR count). The first-order chi connectivity index (χ1) is 11.5. The van der Waals surface area contributed by atoms with Gasteiger partial charge in [-0.15, -0.1) is 0 Å². The lowest BCUT2D eigenvalue weighted by atomic mass is 10.1. The third-order valence-electron chi connectivity index (χ3n) is 3.34. The highest BCUT2D eigenvalue weighted by Gasteiger charge is 2.24. The summed E-state index contributed by atoms with van der Waals surface area (Å²) in [6, 6.07) is 2.49. The first-order valence-corrected chi connectivity index (χ1v) is 7.81. The molecular weight excluding hydrogens is 316 g/mol. The number of nitro groups is 1. The van der Waals surface area contributed by atoms with Crippen molar-refractivity contribution in [3.8, 4) is 11.5 Å². The van der Waals surface area contributed by atoms with E-state index in [1.54, 1.807) is 0 Å². The second-order valence-electron chi connectivity index (χ2n) is 5.06. The zero-order chi connectivity index (χ0) is 17.9. The van der Waals surface area contributed by atoms with Gasteiger partial charge >= 0.3 is 0 Å². The molecular formula is C16H24N2O6. The smallest absolute Gasteiger partial charge is 0.286 e. The fourth-order valence-electron chi connectivity index (χ4n) is 2.02. The van der Waals surface area contributed by atoms with Gasteiger partial charge in [0.15, 0.2) is 11.5 Å². The summed E-state index contributed by atoms with van der Waals surface area (Å²) < 4.78 is 15.5. The Kier molecular flexibility index (Phi) is 8.56. The Morgan fingerprint density at radius 3 is 2.38 bits per heavy atom. The molecule has 1 aromatic rings. The van der Waals surface area contributed by atoms with E-state index in [0.29, 0.717) is 26.2 Å². The number of amides is 1. The van der Waals surface area contributed by atoms with Gasteiger partial charge < -0.3 is 19.5 Å². The Hall–Kier alpha value is -2.35. The Morgan fingerprint density at radius 1 is 1.17 bits per heavy atom. The van der Waals surface area contributed by atoms with Crippen LogP contribution in [0.4, 0.5) is 5.69 Å². The van der Waals surface area contributed by atoms with Crippen LogP contribution in [0.2, 0.25) is 0 Å². The molecule has 1 aromatic carbocycles. The zero-order valence-corrected chi connectivity index (χ0v) is 14.3. The number of methoxy groups -OCH3 is 2. The minimum Gasteiger partial charge on any atom is -0.493 e. The molecule has 0 unspecified atom stereocenters. The first-order valence-electron chi connectivity index (χ1n) is 7.81. The Balaban J connectivity index is 2.70. The maximum atomic E-state index is 12.2. The molecule has 0 aliphatic rings. The van der Waals surface area contributed by atoms with Gasteiger partial charge in [-0.05, 0) is 12.8 Å². The van der Waals surface area contributed by atoms with Crippen LogP contribution in [0, 0.1) is 10.1 Å². The Bertz CT molecular complexity index is 562. The minimum absolute atomic E-state index is 0.0652. The van der Waals surface area contributed by atoms with Gasteiger partial charge in [0.05, 0.1) is 25.2 Å². The molecule has 0 aliphatic carbocycles. The summed E-state index contributed by atoms with van der Waals surface area (Å²) in [5, 5.41) is 13.8. The monoisotopic (exact) mass is 340 g/mol. The van der Waals surface area contributed by atoms with Crippen molar-refractivity contribution in [2.75, 3.05) is 34.0 Å². The van der Waals surface area contributed by atoms with E-state index in [-0.39, 0.29) is 22.7 Å². The quantitative estimate of drug-likeness (QED) is 0.377. The molecule has 24 heavy (non-hydrogen) atoms. The van der Waals surface area contributed by atoms with E-state index in [2.05, 4.69) is 12.2 Å². The summed E-state index contributed by atoms with van der Waals surface area (Å²) in [6.45, 7) is 3.69. The molecule has 0 spiro atoms. The maximum Gasteiger partial charge on any atom is 0.286 e. The SMILES string of the molecule is CCCCOCCCNC(=O)c1cc(OC)c(OC)cc1[N+](=O)[O-]. The summed E-state index contributed by atoms with van der Waals surface area (Å²) in [5.41, 5.74) is -0.395. The molecule has 0 aliphatic heterocycles. The molecule has 0 saturated heterocycles. The van der Waals surface area contributed by atoms with Crippen molar-refractivity contribution < 1.29 is 23.9 Å². The first kappa shape index (κ1) is 19.7. The van der Waals surface area contributed by atoms with Crippen molar-refractivity contribution in [3.05, 3.63) is 27.8 Å². The van der Waals surface area contributed by atoms with Gasteiger partial charge in [-0.3, -0.25) is 14.9 Å². The van der Waals surface area contributed by atoms with E-state index in [1.165, 1.54) is 26.4 Å². The number of nitro benzene ring substituents is 1. The van der Waals surface area contributed by atoms with Crippen LogP contribution >= 0.6 is 0 Å². The van der Waals surface area contributed by atoms with Crippen molar-refractivity contribution in [2.45, 2.75) is 26.2 Å². The van der Waals surface area contributed by atoms with Gasteiger partial charge in [0.25, 0.3) is 11.6 Å². The van der Waals surface area contributed by atoms with E-state index < -0.39 is 10.8 Å². The van der Waals surface area contributed by atoms with Crippen molar-refractivity contribution >= 4 is 11.6 Å². The summed E-state index contributed by atoms with van der Waals surface area (Å²) in [4.78, 5) is 22.8. The summed E-state index contributed by atoms with van der Waals surface area (Å²) in [5.74, 6) is -0.0718. The van der Waals surface area contributed by atoms with Gasteiger partial charge in [-0.25, -0.2) is 0 Å². The molecule has 0 bridgehead atoms. The second kappa shape index (κ2) is 10.4. The topological polar surface area (TPSA) is 99.9 Å². The lowest BCUT2D eigenvalue weighted by Gasteiger charge is -2.11. The number of ether oxygens (including phenoxy) is 3. The Morgan fingerprint density at radius 2 is 1.79 bits per heavy atom. The fourth-order valence-corrected chi connectivity index (χ4v) is 2.02. The molecule has 1 amide bonds. The highest BCUT2D eigenvalue weighted by Crippen LogP contribution is 2.34. The van der Waals surface area contributed by atoms with E-state index in [1.807, 2.05) is 0 Å². The molecule has 0 fully saturated rings. The molecule has 0 atom stereocenters. The van der Waals surface area contributed by atoms with E-state index in [9.17, 15) is 14.9 Å². The van der Waals surface area contributed by atoms with E-state index in [0.717, 1.165) is 12.8 Å². The average molecular weight is 340 g/mol. The van der Waals surface area contributed by atoms with Crippen LogP contribution in [-0.4, -0.2) is 44.8 Å². The zero-order valence-electron chi connectivity index (χ0n) is 14.3. The highest BCUT2D eigenvalue weighted by atomic mass is 16.6. The van der Waals surface area contributed by atoms with E-state index in [4.69, 9.17) is 14.2 Å². The van der Waals surface area contributed by atoms with Crippen molar-refractivity contribution in [1.29, 1.82) is 0 Å². The van der Waals surface area contributed by atoms with Crippen LogP contribution in [0.15, 0.2) is 12.1 Å². The van der Waals surface area contributed by atoms with Crippen LogP contribution < -0.4 is 14.8 Å². The molecule has 0 radical (unpaired) electrons. The van der Waals surface area contributed by atoms with Crippen LogP contribution in [0.25, 0.3) is 0 Å². The van der Waals surface area contributed by atoms with Crippen LogP contribution in [0.1, 0.15) is 36.5 Å². The third-order valence-corrected chi connectivity index (χ3v) is 3.34. The van der Waals surface area contributed by atoms with E-state index >= 15 is 0 Å². The van der Waals surface area contributed by atoms with Gasteiger partial charge in [0, 0.05) is 25.8 Å². The minimum atomic E-state index is -0.620. The van der Waals surface area contributed by atoms with Gasteiger partial charge in [-0.1, -0.05) is 13.3 Å². The molecule has 1 N–H and O–H groups in total. The van der Waals surface area contributed by atoms with Crippen molar-refractivity contribution in [1.82, 2.24) is 5.32 Å². The second-order valence-corrected chi connectivity index (χ2v) is 5.06. The standard InChI is InChI=1S/C16H24N2O6/c1-4-5-8-24-9-6-7-17-16(19)12-10-14(22-2)15(23-3)11-13(12)18(20)21/h10-11H,4-9H2,1-3H3,(H,17,19). The lowest BCUT2D eigenvalue weighted by Crippen LogP contribution is -2.26. The maximum absolute atomic E-state index is 12.2. The van der Waals surface area contributed by atoms with Gasteiger partial charge in [0.2, 0.25) is 0 Å². The summed E-state index contributed by atoms with van der Waals surface area (Å²) >= 11 is 0. The normalized spacial score (nSPS) is 10.3. The number of unbranched alkanes of at least 4 members (excludes halogenated alkanes) is 1. The number of rotatable bonds is 11. The van der Waals surface area contributed by atoms with Crippen LogP contribution in [-0.2, 0) is 4.74 Å². The number of hydrogen-bond acceptors (Lipinski definition) is 6. The Labute approximate surface area is 141 Å². The molecule has 8 nitrogen and oxygen atoms in total. The largest absolute Gasteiger partial charge is 0.493 e. The van der Waals surface area contributed by atoms with Gasteiger partial charge in [-0.2, -0.15) is 0 Å². The molecule has 0 saturated carbocycles. The number of carbonyl (C=O) groups is 1. The average Bonchev–Trinajstić information content (AvgIpc) is 2.59. The molecule has 0 aromatic heterocycles. The molecule has 8 heteroatoms. The predicted molar refractivity (Wildman–Crippen MR) is 88.9 cm³/mol.